The molecule has 178 valence electrons. The van der Waals surface area contributed by atoms with Gasteiger partial charge in [-0.25, -0.2) is 4.39 Å². The molecule has 1 aliphatic rings. The molecule has 1 aliphatic heterocycles. The van der Waals surface area contributed by atoms with Crippen molar-refractivity contribution in [2.24, 2.45) is 11.3 Å². The van der Waals surface area contributed by atoms with Crippen LogP contribution >= 0.6 is 11.8 Å². The van der Waals surface area contributed by atoms with E-state index in [9.17, 15) is 18.8 Å². The van der Waals surface area contributed by atoms with E-state index in [0.717, 1.165) is 6.54 Å². The lowest BCUT2D eigenvalue weighted by atomic mass is 9.91. The van der Waals surface area contributed by atoms with E-state index in [0.29, 0.717) is 38.2 Å². The zero-order chi connectivity index (χ0) is 23.7. The first-order valence-electron chi connectivity index (χ1n) is 10.9. The van der Waals surface area contributed by atoms with Crippen molar-refractivity contribution >= 4 is 35.2 Å². The fourth-order valence-electron chi connectivity index (χ4n) is 3.83. The second-order valence-electron chi connectivity index (χ2n) is 9.32. The van der Waals surface area contributed by atoms with Gasteiger partial charge in [0, 0.05) is 37.8 Å². The minimum atomic E-state index is -0.364. The molecule has 3 amide bonds. The number of hydrogen-bond acceptors (Lipinski definition) is 5. The number of carbonyl (C=O) groups is 3. The molecular weight excluding hydrogens is 431 g/mol. The summed E-state index contributed by atoms with van der Waals surface area (Å²) in [4.78, 5) is 40.8. The van der Waals surface area contributed by atoms with Crippen molar-refractivity contribution in [2.75, 3.05) is 57.1 Å². The number of likely N-dealkylation sites (tertiary alicyclic amines) is 1. The molecule has 0 saturated carbocycles. The van der Waals surface area contributed by atoms with Gasteiger partial charge < -0.3 is 20.4 Å². The third-order valence-corrected chi connectivity index (χ3v) is 6.21. The van der Waals surface area contributed by atoms with Crippen LogP contribution in [0.4, 0.5) is 10.1 Å². The second-order valence-corrected chi connectivity index (χ2v) is 10.3. The molecule has 0 aliphatic carbocycles. The van der Waals surface area contributed by atoms with Crippen LogP contribution < -0.4 is 10.6 Å². The van der Waals surface area contributed by atoms with Gasteiger partial charge in [0.25, 0.3) is 0 Å². The van der Waals surface area contributed by atoms with E-state index in [2.05, 4.69) is 29.4 Å². The normalized spacial score (nSPS) is 15.0. The van der Waals surface area contributed by atoms with Gasteiger partial charge in [-0.1, -0.05) is 13.8 Å². The van der Waals surface area contributed by atoms with Gasteiger partial charge in [0.1, 0.15) is 5.82 Å². The molecule has 0 unspecified atom stereocenters. The average molecular weight is 467 g/mol. The van der Waals surface area contributed by atoms with Gasteiger partial charge in [-0.05, 0) is 56.6 Å². The van der Waals surface area contributed by atoms with Crippen molar-refractivity contribution in [1.82, 2.24) is 15.1 Å². The minimum Gasteiger partial charge on any atom is -0.355 e. The number of benzene rings is 1. The Labute approximate surface area is 194 Å². The van der Waals surface area contributed by atoms with Crippen LogP contribution in [0.25, 0.3) is 0 Å². The summed E-state index contributed by atoms with van der Waals surface area (Å²) in [7, 11) is 4.04. The highest BCUT2D eigenvalue weighted by Crippen LogP contribution is 2.20. The molecule has 1 saturated heterocycles. The Kier molecular flexibility index (Phi) is 9.96. The van der Waals surface area contributed by atoms with E-state index in [1.165, 1.54) is 36.0 Å². The number of thioether (sulfide) groups is 1. The summed E-state index contributed by atoms with van der Waals surface area (Å²) in [5.74, 6) is -0.258. The quantitative estimate of drug-likeness (QED) is 0.554. The molecule has 1 fully saturated rings. The van der Waals surface area contributed by atoms with Gasteiger partial charge in [-0.2, -0.15) is 0 Å². The molecular formula is C23H35FN4O3S. The SMILES string of the molecule is CN(C)CC(C)(C)CNC(=O)C1CCN(C(=O)CSCC(=O)Nc2ccc(F)cc2)CC1. The van der Waals surface area contributed by atoms with Crippen molar-refractivity contribution < 1.29 is 18.8 Å². The van der Waals surface area contributed by atoms with Crippen molar-refractivity contribution in [3.05, 3.63) is 30.1 Å². The Bertz CT molecular complexity index is 778. The Morgan fingerprint density at radius 2 is 1.75 bits per heavy atom. The monoisotopic (exact) mass is 466 g/mol. The Morgan fingerprint density at radius 1 is 1.12 bits per heavy atom. The smallest absolute Gasteiger partial charge is 0.234 e. The summed E-state index contributed by atoms with van der Waals surface area (Å²) in [5, 5.41) is 5.75. The van der Waals surface area contributed by atoms with Crippen LogP contribution in [0.15, 0.2) is 24.3 Å². The van der Waals surface area contributed by atoms with Crippen LogP contribution in [0.3, 0.4) is 0 Å². The Morgan fingerprint density at radius 3 is 2.34 bits per heavy atom. The Balaban J connectivity index is 1.65. The summed E-state index contributed by atoms with van der Waals surface area (Å²) in [6.07, 6.45) is 1.31. The number of halogens is 1. The van der Waals surface area contributed by atoms with Crippen molar-refractivity contribution in [3.8, 4) is 0 Å². The van der Waals surface area contributed by atoms with Crippen LogP contribution in [0.5, 0.6) is 0 Å². The summed E-state index contributed by atoms with van der Waals surface area (Å²) in [6, 6.07) is 5.54. The number of anilines is 1. The van der Waals surface area contributed by atoms with Gasteiger partial charge in [0.15, 0.2) is 0 Å². The number of piperidine rings is 1. The first-order chi connectivity index (χ1) is 15.1. The second kappa shape index (κ2) is 12.2. The van der Waals surface area contributed by atoms with Crippen LogP contribution in [-0.2, 0) is 14.4 Å². The first kappa shape index (κ1) is 26.1. The highest BCUT2D eigenvalue weighted by atomic mass is 32.2. The van der Waals surface area contributed by atoms with E-state index in [1.807, 2.05) is 14.1 Å². The van der Waals surface area contributed by atoms with E-state index >= 15 is 0 Å². The molecule has 1 aromatic carbocycles. The van der Waals surface area contributed by atoms with Crippen molar-refractivity contribution in [2.45, 2.75) is 26.7 Å². The van der Waals surface area contributed by atoms with Gasteiger partial charge in [0.2, 0.25) is 17.7 Å². The van der Waals surface area contributed by atoms with Crippen LogP contribution in [0.1, 0.15) is 26.7 Å². The van der Waals surface area contributed by atoms with Crippen LogP contribution in [0.2, 0.25) is 0 Å². The first-order valence-corrected chi connectivity index (χ1v) is 12.0. The third kappa shape index (κ3) is 9.16. The number of amides is 3. The number of carbonyl (C=O) groups excluding carboxylic acids is 3. The predicted octanol–water partition coefficient (Wildman–Crippen LogP) is 2.44. The molecule has 2 N–H and O–H groups in total. The predicted molar refractivity (Wildman–Crippen MR) is 127 cm³/mol. The number of rotatable bonds is 10. The van der Waals surface area contributed by atoms with Crippen molar-refractivity contribution in [1.29, 1.82) is 0 Å². The third-order valence-electron chi connectivity index (χ3n) is 5.29. The largest absolute Gasteiger partial charge is 0.355 e. The van der Waals surface area contributed by atoms with E-state index in [4.69, 9.17) is 0 Å². The molecule has 1 aromatic rings. The standard InChI is InChI=1S/C23H35FN4O3S/c1-23(2,16-27(3)4)15-25-22(31)17-9-11-28(12-10-17)21(30)14-32-13-20(29)26-19-7-5-18(24)6-8-19/h5-8,17H,9-16H2,1-4H3,(H,25,31)(H,26,29). The minimum absolute atomic E-state index is 0.00393. The fraction of sp³-hybridized carbons (Fsp3) is 0.609. The maximum atomic E-state index is 12.9. The molecule has 0 atom stereocenters. The lowest BCUT2D eigenvalue weighted by Crippen LogP contribution is -2.46. The van der Waals surface area contributed by atoms with Crippen molar-refractivity contribution in [3.63, 3.8) is 0 Å². The van der Waals surface area contributed by atoms with E-state index in [-0.39, 0.29) is 46.4 Å². The maximum absolute atomic E-state index is 12.9. The molecule has 9 heteroatoms. The van der Waals surface area contributed by atoms with E-state index < -0.39 is 0 Å². The highest BCUT2D eigenvalue weighted by molar-refractivity contribution is 8.00. The summed E-state index contributed by atoms with van der Waals surface area (Å²) >= 11 is 1.25. The number of nitrogens with zero attached hydrogens (tertiary/aromatic N) is 2. The summed E-state index contributed by atoms with van der Waals surface area (Å²) in [5.41, 5.74) is 0.518. The zero-order valence-electron chi connectivity index (χ0n) is 19.4. The van der Waals surface area contributed by atoms with Gasteiger partial charge >= 0.3 is 0 Å². The van der Waals surface area contributed by atoms with Gasteiger partial charge in [0.05, 0.1) is 11.5 Å². The molecule has 0 radical (unpaired) electrons. The van der Waals surface area contributed by atoms with E-state index in [1.54, 1.807) is 4.90 Å². The molecule has 32 heavy (non-hydrogen) atoms. The topological polar surface area (TPSA) is 81.8 Å². The molecule has 0 spiro atoms. The molecule has 7 nitrogen and oxygen atoms in total. The fourth-order valence-corrected chi connectivity index (χ4v) is 4.54. The summed E-state index contributed by atoms with van der Waals surface area (Å²) < 4.78 is 12.9. The van der Waals surface area contributed by atoms with Crippen LogP contribution in [0, 0.1) is 17.2 Å². The highest BCUT2D eigenvalue weighted by Gasteiger charge is 2.28. The Hall–Kier alpha value is -2.13. The average Bonchev–Trinajstić information content (AvgIpc) is 2.73. The van der Waals surface area contributed by atoms with Gasteiger partial charge in [-0.3, -0.25) is 14.4 Å². The lowest BCUT2D eigenvalue weighted by Gasteiger charge is -2.33. The number of nitrogens with one attached hydrogen (secondary N) is 2. The van der Waals surface area contributed by atoms with Gasteiger partial charge in [-0.15, -0.1) is 11.8 Å². The maximum Gasteiger partial charge on any atom is 0.234 e. The molecule has 0 bridgehead atoms. The number of hydrogen-bond donors (Lipinski definition) is 2. The lowest BCUT2D eigenvalue weighted by molar-refractivity contribution is -0.133. The molecule has 0 aromatic heterocycles. The molecule has 2 rings (SSSR count). The zero-order valence-corrected chi connectivity index (χ0v) is 20.3. The summed E-state index contributed by atoms with van der Waals surface area (Å²) in [6.45, 7) is 6.89. The molecule has 1 heterocycles. The van der Waals surface area contributed by atoms with Crippen LogP contribution in [-0.4, -0.2) is 79.3 Å².